The summed E-state index contributed by atoms with van der Waals surface area (Å²) in [7, 11) is 0. The predicted molar refractivity (Wildman–Crippen MR) is 276 cm³/mol. The van der Waals surface area contributed by atoms with Crippen molar-refractivity contribution in [1.29, 1.82) is 0 Å². The number of carbonyl (C=O) groups is 1. The Morgan fingerprint density at radius 2 is 0.879 bits per heavy atom. The highest BCUT2D eigenvalue weighted by atomic mass is 16.7. The van der Waals surface area contributed by atoms with Crippen LogP contribution in [0, 0.1) is 0 Å². The van der Waals surface area contributed by atoms with Gasteiger partial charge in [-0.3, -0.25) is 4.79 Å². The molecule has 1 fully saturated rings. The number of aliphatic hydroxyl groups excluding tert-OH is 5. The number of rotatable bonds is 48. The molecule has 0 aromatic heterocycles. The monoisotopic (exact) mass is 934 g/mol. The minimum Gasteiger partial charge on any atom is -0.394 e. The van der Waals surface area contributed by atoms with Crippen LogP contribution >= 0.6 is 0 Å². The van der Waals surface area contributed by atoms with Gasteiger partial charge in [0.1, 0.15) is 24.4 Å². The minimum atomic E-state index is -1.57. The zero-order chi connectivity index (χ0) is 48.0. The van der Waals surface area contributed by atoms with Crippen molar-refractivity contribution in [2.45, 2.75) is 307 Å². The highest BCUT2D eigenvalue weighted by molar-refractivity contribution is 5.76. The van der Waals surface area contributed by atoms with Crippen molar-refractivity contribution in [1.82, 2.24) is 5.32 Å². The average molecular weight is 934 g/mol. The second-order valence-electron chi connectivity index (χ2n) is 19.7. The molecule has 6 N–H and O–H groups in total. The van der Waals surface area contributed by atoms with Crippen molar-refractivity contribution >= 4 is 5.91 Å². The van der Waals surface area contributed by atoms with Crippen molar-refractivity contribution in [3.63, 3.8) is 0 Å². The molecule has 9 heteroatoms. The maximum atomic E-state index is 12.9. The van der Waals surface area contributed by atoms with Crippen LogP contribution in [0.3, 0.4) is 0 Å². The van der Waals surface area contributed by atoms with Crippen LogP contribution in [0.1, 0.15) is 264 Å². The number of hydrogen-bond acceptors (Lipinski definition) is 8. The van der Waals surface area contributed by atoms with E-state index in [0.29, 0.717) is 6.42 Å². The van der Waals surface area contributed by atoms with E-state index in [1.54, 1.807) is 6.08 Å². The standard InChI is InChI=1S/C57H107NO8/c1-3-5-7-9-11-13-15-16-17-18-19-20-21-22-23-24-25-26-27-28-29-30-31-32-33-34-35-37-38-40-42-44-46-51(60)50(49-65-57-56(64)55(63)54(62)52(48-59)66-57)58-53(61)47-45-43-41-39-36-14-12-10-8-6-4-2/h10,12,37-38,44,46,50-52,54-57,59-60,62-64H,3-9,11,13-36,39-43,45,47-49H2,1-2H3,(H,58,61)/b12-10-,38-37+,46-44+. The van der Waals surface area contributed by atoms with E-state index < -0.39 is 49.5 Å². The first kappa shape index (κ1) is 62.4. The lowest BCUT2D eigenvalue weighted by molar-refractivity contribution is -0.302. The Morgan fingerprint density at radius 1 is 0.500 bits per heavy atom. The first-order chi connectivity index (χ1) is 32.3. The number of allylic oxidation sites excluding steroid dienone is 5. The van der Waals surface area contributed by atoms with Crippen molar-refractivity contribution in [3.05, 3.63) is 36.5 Å². The number of aliphatic hydroxyl groups is 5. The van der Waals surface area contributed by atoms with Gasteiger partial charge in [0.25, 0.3) is 0 Å². The van der Waals surface area contributed by atoms with E-state index in [0.717, 1.165) is 64.2 Å². The van der Waals surface area contributed by atoms with Gasteiger partial charge in [0.15, 0.2) is 6.29 Å². The summed E-state index contributed by atoms with van der Waals surface area (Å²) in [6, 6.07) is -0.824. The van der Waals surface area contributed by atoms with Gasteiger partial charge in [0, 0.05) is 6.42 Å². The molecule has 7 unspecified atom stereocenters. The van der Waals surface area contributed by atoms with Gasteiger partial charge in [0.2, 0.25) is 5.91 Å². The summed E-state index contributed by atoms with van der Waals surface area (Å²) in [5.41, 5.74) is 0. The summed E-state index contributed by atoms with van der Waals surface area (Å²) in [5, 5.41) is 54.3. The molecule has 0 radical (unpaired) electrons. The molecular weight excluding hydrogens is 827 g/mol. The second kappa shape index (κ2) is 47.1. The van der Waals surface area contributed by atoms with Crippen LogP contribution in [0.15, 0.2) is 36.5 Å². The van der Waals surface area contributed by atoms with Gasteiger partial charge in [-0.05, 0) is 51.4 Å². The summed E-state index contributed by atoms with van der Waals surface area (Å²) in [6.45, 7) is 3.73. The second-order valence-corrected chi connectivity index (χ2v) is 19.7. The maximum absolute atomic E-state index is 12.9. The zero-order valence-corrected chi connectivity index (χ0v) is 43.0. The van der Waals surface area contributed by atoms with E-state index in [4.69, 9.17) is 9.47 Å². The van der Waals surface area contributed by atoms with E-state index in [1.807, 2.05) is 6.08 Å². The Labute approximate surface area is 406 Å². The summed E-state index contributed by atoms with van der Waals surface area (Å²) in [6.07, 6.45) is 53.9. The van der Waals surface area contributed by atoms with Gasteiger partial charge >= 0.3 is 0 Å². The number of carbonyl (C=O) groups excluding carboxylic acids is 1. The van der Waals surface area contributed by atoms with Crippen LogP contribution in [-0.2, 0) is 14.3 Å². The lowest BCUT2D eigenvalue weighted by atomic mass is 9.99. The van der Waals surface area contributed by atoms with Crippen LogP contribution in [0.25, 0.3) is 0 Å². The van der Waals surface area contributed by atoms with E-state index >= 15 is 0 Å². The van der Waals surface area contributed by atoms with Crippen LogP contribution in [-0.4, -0.2) is 87.5 Å². The maximum Gasteiger partial charge on any atom is 0.220 e. The fraction of sp³-hybridized carbons (Fsp3) is 0.877. The molecule has 0 aromatic carbocycles. The molecule has 7 atom stereocenters. The van der Waals surface area contributed by atoms with Crippen molar-refractivity contribution in [2.24, 2.45) is 0 Å². The molecule has 0 aromatic rings. The topological polar surface area (TPSA) is 149 Å². The largest absolute Gasteiger partial charge is 0.394 e. The number of nitrogens with one attached hydrogen (secondary N) is 1. The highest BCUT2D eigenvalue weighted by Crippen LogP contribution is 2.23. The third-order valence-corrected chi connectivity index (χ3v) is 13.4. The lowest BCUT2D eigenvalue weighted by Crippen LogP contribution is -2.60. The first-order valence-corrected chi connectivity index (χ1v) is 28.2. The molecule has 1 saturated heterocycles. The molecule has 388 valence electrons. The van der Waals surface area contributed by atoms with Crippen molar-refractivity contribution in [2.75, 3.05) is 13.2 Å². The van der Waals surface area contributed by atoms with Crippen molar-refractivity contribution < 1.29 is 39.8 Å². The minimum absolute atomic E-state index is 0.197. The fourth-order valence-corrected chi connectivity index (χ4v) is 8.92. The molecule has 0 aliphatic carbocycles. The Hall–Kier alpha value is -1.59. The molecule has 0 spiro atoms. The Balaban J connectivity index is 2.15. The van der Waals surface area contributed by atoms with E-state index in [2.05, 4.69) is 43.5 Å². The molecule has 0 bridgehead atoms. The quantitative estimate of drug-likeness (QED) is 0.0261. The van der Waals surface area contributed by atoms with E-state index in [9.17, 15) is 30.3 Å². The third-order valence-electron chi connectivity index (χ3n) is 13.4. The van der Waals surface area contributed by atoms with Gasteiger partial charge < -0.3 is 40.3 Å². The highest BCUT2D eigenvalue weighted by Gasteiger charge is 2.44. The van der Waals surface area contributed by atoms with Crippen molar-refractivity contribution in [3.8, 4) is 0 Å². The van der Waals surface area contributed by atoms with Crippen LogP contribution in [0.2, 0.25) is 0 Å². The third kappa shape index (κ3) is 36.4. The summed E-state index contributed by atoms with van der Waals surface area (Å²) >= 11 is 0. The Bertz CT molecular complexity index is 1130. The molecule has 1 amide bonds. The van der Waals surface area contributed by atoms with Gasteiger partial charge in [-0.2, -0.15) is 0 Å². The predicted octanol–water partition coefficient (Wildman–Crippen LogP) is 13.6. The van der Waals surface area contributed by atoms with Crippen LogP contribution in [0.4, 0.5) is 0 Å². The lowest BCUT2D eigenvalue weighted by Gasteiger charge is -2.40. The fourth-order valence-electron chi connectivity index (χ4n) is 8.92. The zero-order valence-electron chi connectivity index (χ0n) is 43.0. The Kier molecular flexibility index (Phi) is 44.6. The molecule has 1 heterocycles. The van der Waals surface area contributed by atoms with Gasteiger partial charge in [-0.25, -0.2) is 0 Å². The molecule has 9 nitrogen and oxygen atoms in total. The number of unbranched alkanes of at least 4 members (excludes halogenated alkanes) is 34. The molecular formula is C57H107NO8. The summed E-state index contributed by atoms with van der Waals surface area (Å²) in [5.74, 6) is -0.197. The molecule has 66 heavy (non-hydrogen) atoms. The smallest absolute Gasteiger partial charge is 0.220 e. The van der Waals surface area contributed by atoms with E-state index in [1.165, 1.54) is 180 Å². The average Bonchev–Trinajstić information content (AvgIpc) is 3.32. The summed E-state index contributed by atoms with van der Waals surface area (Å²) < 4.78 is 11.2. The number of amides is 1. The SMILES string of the molecule is CCCC/C=C\CCCCCCCC(=O)NC(COC1OC(CO)C(O)C(O)C1O)C(O)/C=C/CC/C=C/CCCCCCCCCCCCCCCCCCCCCCCCCCCC. The first-order valence-electron chi connectivity index (χ1n) is 28.2. The normalized spacial score (nSPS) is 20.0. The van der Waals surface area contributed by atoms with Gasteiger partial charge in [-0.1, -0.05) is 243 Å². The molecule has 1 aliphatic rings. The van der Waals surface area contributed by atoms with Crippen LogP contribution in [0.5, 0.6) is 0 Å². The number of ether oxygens (including phenoxy) is 2. The van der Waals surface area contributed by atoms with Gasteiger partial charge in [0.05, 0.1) is 25.4 Å². The molecule has 0 saturated carbocycles. The molecule has 1 rings (SSSR count). The number of hydrogen-bond donors (Lipinski definition) is 6. The van der Waals surface area contributed by atoms with Crippen LogP contribution < -0.4 is 5.32 Å². The summed E-state index contributed by atoms with van der Waals surface area (Å²) in [4.78, 5) is 12.9. The molecule has 1 aliphatic heterocycles. The van der Waals surface area contributed by atoms with E-state index in [-0.39, 0.29) is 12.5 Å². The van der Waals surface area contributed by atoms with Gasteiger partial charge in [-0.15, -0.1) is 0 Å². The Morgan fingerprint density at radius 3 is 1.32 bits per heavy atom.